The standard InChI is InChI=1S/C23H14BrCl2FN2O3/c24-18-9-14(10-19(26)21(18)32-12-13-1-5-16(27)6-2-13)11-20-22(30)29(23(31)28-20)17-7-3-15(25)4-8-17/h1-11H,12H2,(H,28,31)/b20-11+. The van der Waals surface area contributed by atoms with Crippen molar-refractivity contribution < 1.29 is 18.7 Å². The lowest BCUT2D eigenvalue weighted by Gasteiger charge is -2.12. The van der Waals surface area contributed by atoms with Crippen LogP contribution in [0.15, 0.2) is 70.8 Å². The average molecular weight is 536 g/mol. The largest absolute Gasteiger partial charge is 0.486 e. The fraction of sp³-hybridized carbons (Fsp3) is 0.0435. The normalized spacial score (nSPS) is 14.8. The summed E-state index contributed by atoms with van der Waals surface area (Å²) in [5.74, 6) is -0.419. The van der Waals surface area contributed by atoms with Gasteiger partial charge in [0.2, 0.25) is 0 Å². The summed E-state index contributed by atoms with van der Waals surface area (Å²) in [6.07, 6.45) is 1.52. The Kier molecular flexibility index (Phi) is 6.50. The van der Waals surface area contributed by atoms with Crippen molar-refractivity contribution in [3.8, 4) is 5.75 Å². The average Bonchev–Trinajstić information content (AvgIpc) is 3.02. The zero-order chi connectivity index (χ0) is 22.8. The number of ether oxygens (including phenoxy) is 1. The molecule has 1 saturated heterocycles. The van der Waals surface area contributed by atoms with Crippen LogP contribution in [0.3, 0.4) is 0 Å². The number of rotatable bonds is 5. The van der Waals surface area contributed by atoms with Crippen LogP contribution in [-0.2, 0) is 11.4 Å². The SMILES string of the molecule is O=C1N/C(=C/c2cc(Cl)c(OCc3ccc(F)cc3)c(Br)c2)C(=O)N1c1ccc(Cl)cc1. The molecule has 32 heavy (non-hydrogen) atoms. The van der Waals surface area contributed by atoms with Crippen molar-refractivity contribution in [3.63, 3.8) is 0 Å². The maximum Gasteiger partial charge on any atom is 0.333 e. The summed E-state index contributed by atoms with van der Waals surface area (Å²) in [5.41, 5.74) is 1.87. The second-order valence-corrected chi connectivity index (χ2v) is 8.53. The summed E-state index contributed by atoms with van der Waals surface area (Å²) in [5, 5.41) is 3.37. The number of carbonyl (C=O) groups excluding carboxylic acids is 2. The van der Waals surface area contributed by atoms with Crippen LogP contribution < -0.4 is 15.0 Å². The van der Waals surface area contributed by atoms with Gasteiger partial charge in [-0.1, -0.05) is 35.3 Å². The maximum absolute atomic E-state index is 13.0. The molecule has 3 aromatic carbocycles. The zero-order valence-corrected chi connectivity index (χ0v) is 19.3. The van der Waals surface area contributed by atoms with E-state index in [0.717, 1.165) is 10.5 Å². The molecule has 1 aliphatic rings. The molecule has 0 aliphatic carbocycles. The minimum Gasteiger partial charge on any atom is -0.486 e. The van der Waals surface area contributed by atoms with Crippen molar-refractivity contribution in [3.05, 3.63) is 97.8 Å². The fourth-order valence-electron chi connectivity index (χ4n) is 3.06. The monoisotopic (exact) mass is 534 g/mol. The molecule has 4 rings (SSSR count). The van der Waals surface area contributed by atoms with Crippen molar-refractivity contribution in [1.29, 1.82) is 0 Å². The first-order chi connectivity index (χ1) is 15.3. The van der Waals surface area contributed by atoms with Gasteiger partial charge in [0.15, 0.2) is 5.75 Å². The van der Waals surface area contributed by atoms with Crippen molar-refractivity contribution in [2.75, 3.05) is 4.90 Å². The van der Waals surface area contributed by atoms with Gasteiger partial charge in [0.1, 0.15) is 18.1 Å². The van der Waals surface area contributed by atoms with Crippen molar-refractivity contribution in [2.45, 2.75) is 6.61 Å². The van der Waals surface area contributed by atoms with Crippen molar-refractivity contribution in [2.24, 2.45) is 0 Å². The Bertz CT molecular complexity index is 1210. The molecule has 3 aromatic rings. The molecule has 5 nitrogen and oxygen atoms in total. The molecular formula is C23H14BrCl2FN2O3. The Morgan fingerprint density at radius 3 is 2.38 bits per heavy atom. The van der Waals surface area contributed by atoms with E-state index in [2.05, 4.69) is 21.2 Å². The molecule has 162 valence electrons. The predicted octanol–water partition coefficient (Wildman–Crippen LogP) is 6.57. The first-order valence-electron chi connectivity index (χ1n) is 9.31. The lowest BCUT2D eigenvalue weighted by Crippen LogP contribution is -2.30. The first kappa shape index (κ1) is 22.3. The number of imide groups is 1. The van der Waals surface area contributed by atoms with Gasteiger partial charge in [-0.2, -0.15) is 0 Å². The smallest absolute Gasteiger partial charge is 0.333 e. The number of nitrogens with one attached hydrogen (secondary N) is 1. The number of anilines is 1. The second-order valence-electron chi connectivity index (χ2n) is 6.83. The molecule has 0 spiro atoms. The van der Waals surface area contributed by atoms with Gasteiger partial charge in [-0.25, -0.2) is 14.1 Å². The molecule has 1 aliphatic heterocycles. The highest BCUT2D eigenvalue weighted by Gasteiger charge is 2.34. The number of hydrogen-bond acceptors (Lipinski definition) is 3. The van der Waals surface area contributed by atoms with Crippen LogP contribution >= 0.6 is 39.1 Å². The van der Waals surface area contributed by atoms with E-state index in [1.165, 1.54) is 18.2 Å². The molecule has 0 aromatic heterocycles. The third-order valence-electron chi connectivity index (χ3n) is 4.59. The number of amides is 3. The summed E-state index contributed by atoms with van der Waals surface area (Å²) in [6, 6.07) is 15.1. The van der Waals surface area contributed by atoms with Gasteiger partial charge >= 0.3 is 6.03 Å². The maximum atomic E-state index is 13.0. The summed E-state index contributed by atoms with van der Waals surface area (Å²) >= 11 is 15.7. The van der Waals surface area contributed by atoms with E-state index >= 15 is 0 Å². The number of carbonyl (C=O) groups is 2. The highest BCUT2D eigenvalue weighted by Crippen LogP contribution is 2.36. The van der Waals surface area contributed by atoms with E-state index in [-0.39, 0.29) is 18.1 Å². The fourth-order valence-corrected chi connectivity index (χ4v) is 4.18. The minimum absolute atomic E-state index is 0.105. The highest BCUT2D eigenvalue weighted by molar-refractivity contribution is 9.10. The van der Waals surface area contributed by atoms with Crippen molar-refractivity contribution in [1.82, 2.24) is 5.32 Å². The molecule has 0 atom stereocenters. The Balaban J connectivity index is 1.54. The molecule has 1 N–H and O–H groups in total. The number of halogens is 4. The molecule has 1 fully saturated rings. The molecular weight excluding hydrogens is 522 g/mol. The van der Waals surface area contributed by atoms with E-state index in [1.54, 1.807) is 48.5 Å². The molecule has 0 bridgehead atoms. The summed E-state index contributed by atoms with van der Waals surface area (Å²) in [6.45, 7) is 0.198. The van der Waals surface area contributed by atoms with E-state index in [1.807, 2.05) is 0 Å². The molecule has 0 radical (unpaired) electrons. The zero-order valence-electron chi connectivity index (χ0n) is 16.2. The number of urea groups is 1. The van der Waals surface area contributed by atoms with E-state index in [0.29, 0.717) is 31.5 Å². The summed E-state index contributed by atoms with van der Waals surface area (Å²) in [7, 11) is 0. The van der Waals surface area contributed by atoms with Crippen LogP contribution in [0.25, 0.3) is 6.08 Å². The lowest BCUT2D eigenvalue weighted by atomic mass is 10.1. The first-order valence-corrected chi connectivity index (χ1v) is 10.9. The predicted molar refractivity (Wildman–Crippen MR) is 125 cm³/mol. The summed E-state index contributed by atoms with van der Waals surface area (Å²) < 4.78 is 19.4. The number of nitrogens with zero attached hydrogens (tertiary/aromatic N) is 1. The van der Waals surface area contributed by atoms with E-state index in [4.69, 9.17) is 27.9 Å². The minimum atomic E-state index is -0.562. The van der Waals surface area contributed by atoms with Crippen LogP contribution in [0.2, 0.25) is 10.0 Å². The second kappa shape index (κ2) is 9.32. The van der Waals surface area contributed by atoms with Crippen LogP contribution in [0, 0.1) is 5.82 Å². The Morgan fingerprint density at radius 1 is 1.03 bits per heavy atom. The van der Waals surface area contributed by atoms with Crippen molar-refractivity contribution >= 4 is 62.8 Å². The lowest BCUT2D eigenvalue weighted by molar-refractivity contribution is -0.113. The highest BCUT2D eigenvalue weighted by atomic mass is 79.9. The van der Waals surface area contributed by atoms with Crippen LogP contribution in [0.5, 0.6) is 5.75 Å². The number of benzene rings is 3. The number of hydrogen-bond donors (Lipinski definition) is 1. The van der Waals surface area contributed by atoms with E-state index in [9.17, 15) is 14.0 Å². The van der Waals surface area contributed by atoms with E-state index < -0.39 is 11.9 Å². The van der Waals surface area contributed by atoms with Crippen LogP contribution in [0.1, 0.15) is 11.1 Å². The van der Waals surface area contributed by atoms with Gasteiger partial charge in [-0.15, -0.1) is 0 Å². The van der Waals surface area contributed by atoms with Gasteiger partial charge in [0.05, 0.1) is 15.2 Å². The van der Waals surface area contributed by atoms with Crippen LogP contribution in [0.4, 0.5) is 14.9 Å². The molecule has 0 unspecified atom stereocenters. The summed E-state index contributed by atoms with van der Waals surface area (Å²) in [4.78, 5) is 26.1. The Hall–Kier alpha value is -2.87. The van der Waals surface area contributed by atoms with Gasteiger partial charge in [-0.05, 0) is 81.7 Å². The topological polar surface area (TPSA) is 58.6 Å². The van der Waals surface area contributed by atoms with Gasteiger partial charge in [0.25, 0.3) is 5.91 Å². The molecule has 1 heterocycles. The molecule has 9 heteroatoms. The Labute approximate surface area is 201 Å². The third kappa shape index (κ3) is 4.80. The van der Waals surface area contributed by atoms with Gasteiger partial charge in [0, 0.05) is 5.02 Å². The Morgan fingerprint density at radius 2 is 1.72 bits per heavy atom. The van der Waals surface area contributed by atoms with Gasteiger partial charge in [-0.3, -0.25) is 4.79 Å². The van der Waals surface area contributed by atoms with Crippen LogP contribution in [-0.4, -0.2) is 11.9 Å². The third-order valence-corrected chi connectivity index (χ3v) is 5.71. The molecule has 0 saturated carbocycles. The van der Waals surface area contributed by atoms with Gasteiger partial charge < -0.3 is 10.1 Å². The quantitative estimate of drug-likeness (QED) is 0.297. The molecule has 3 amide bonds.